The minimum Gasteiger partial charge on any atom is -0.356 e. The number of fused-ring (bicyclic) bond motifs is 1. The lowest BCUT2D eigenvalue weighted by Crippen LogP contribution is -2.34. The lowest BCUT2D eigenvalue weighted by molar-refractivity contribution is 0.444. The van der Waals surface area contributed by atoms with Crippen LogP contribution in [0.5, 0.6) is 0 Å². The summed E-state index contributed by atoms with van der Waals surface area (Å²) in [4.78, 5) is 14.8. The molecule has 0 aromatic carbocycles. The van der Waals surface area contributed by atoms with Crippen molar-refractivity contribution >= 4 is 16.9 Å². The molecule has 1 fully saturated rings. The zero-order chi connectivity index (χ0) is 14.9. The van der Waals surface area contributed by atoms with E-state index in [2.05, 4.69) is 46.1 Å². The van der Waals surface area contributed by atoms with E-state index in [0.29, 0.717) is 0 Å². The molecule has 4 nitrogen and oxygen atoms in total. The lowest BCUT2D eigenvalue weighted by Gasteiger charge is -2.32. The number of hydrogen-bond acceptors (Lipinski definition) is 3. The van der Waals surface area contributed by atoms with Crippen LogP contribution in [0.1, 0.15) is 19.8 Å². The SMILES string of the molecule is CC1CCCN(c2cccc(-c3ccnc4[nH]ccc34)n2)C1. The van der Waals surface area contributed by atoms with Gasteiger partial charge in [-0.3, -0.25) is 0 Å². The normalized spacial score (nSPS) is 18.8. The molecule has 22 heavy (non-hydrogen) atoms. The van der Waals surface area contributed by atoms with Gasteiger partial charge >= 0.3 is 0 Å². The van der Waals surface area contributed by atoms with E-state index < -0.39 is 0 Å². The summed E-state index contributed by atoms with van der Waals surface area (Å²) in [5, 5.41) is 1.12. The molecule has 3 aromatic heterocycles. The fourth-order valence-electron chi connectivity index (χ4n) is 3.33. The van der Waals surface area contributed by atoms with Crippen molar-refractivity contribution in [1.29, 1.82) is 0 Å². The number of hydrogen-bond donors (Lipinski definition) is 1. The van der Waals surface area contributed by atoms with Gasteiger partial charge in [-0.2, -0.15) is 0 Å². The van der Waals surface area contributed by atoms with Gasteiger partial charge < -0.3 is 9.88 Å². The first-order valence-electron chi connectivity index (χ1n) is 7.96. The van der Waals surface area contributed by atoms with Gasteiger partial charge in [0.1, 0.15) is 11.5 Å². The average Bonchev–Trinajstić information content (AvgIpc) is 3.03. The molecule has 0 spiro atoms. The molecule has 0 amide bonds. The first-order valence-corrected chi connectivity index (χ1v) is 7.96. The largest absolute Gasteiger partial charge is 0.356 e. The Hall–Kier alpha value is -2.36. The first-order chi connectivity index (χ1) is 10.8. The third-order valence-corrected chi connectivity index (χ3v) is 4.45. The van der Waals surface area contributed by atoms with E-state index in [-0.39, 0.29) is 0 Å². The summed E-state index contributed by atoms with van der Waals surface area (Å²) in [6.45, 7) is 4.53. The van der Waals surface area contributed by atoms with Crippen LogP contribution in [0.25, 0.3) is 22.3 Å². The van der Waals surface area contributed by atoms with Crippen molar-refractivity contribution < 1.29 is 0 Å². The van der Waals surface area contributed by atoms with Crippen LogP contribution in [-0.2, 0) is 0 Å². The van der Waals surface area contributed by atoms with Crippen molar-refractivity contribution in [1.82, 2.24) is 15.0 Å². The Kier molecular flexibility index (Phi) is 3.29. The summed E-state index contributed by atoms with van der Waals surface area (Å²) in [6, 6.07) is 10.4. The predicted octanol–water partition coefficient (Wildman–Crippen LogP) is 3.86. The maximum Gasteiger partial charge on any atom is 0.137 e. The Morgan fingerprint density at radius 2 is 2.18 bits per heavy atom. The van der Waals surface area contributed by atoms with Crippen LogP contribution >= 0.6 is 0 Å². The lowest BCUT2D eigenvalue weighted by atomic mass is 10.0. The van der Waals surface area contributed by atoms with Gasteiger partial charge in [0, 0.05) is 36.4 Å². The maximum atomic E-state index is 4.92. The summed E-state index contributed by atoms with van der Waals surface area (Å²) in [7, 11) is 0. The molecule has 1 aliphatic rings. The molecule has 1 unspecified atom stereocenters. The molecule has 0 radical (unpaired) electrons. The number of aromatic amines is 1. The van der Waals surface area contributed by atoms with E-state index in [1.54, 1.807) is 0 Å². The van der Waals surface area contributed by atoms with Gasteiger partial charge in [-0.1, -0.05) is 13.0 Å². The van der Waals surface area contributed by atoms with Crippen molar-refractivity contribution in [2.45, 2.75) is 19.8 Å². The summed E-state index contributed by atoms with van der Waals surface area (Å²) in [5.41, 5.74) is 3.07. The van der Waals surface area contributed by atoms with Crippen molar-refractivity contribution in [3.8, 4) is 11.3 Å². The number of nitrogens with zero attached hydrogens (tertiary/aromatic N) is 3. The number of anilines is 1. The molecule has 0 aliphatic carbocycles. The van der Waals surface area contributed by atoms with Crippen LogP contribution in [0, 0.1) is 5.92 Å². The van der Waals surface area contributed by atoms with Crippen molar-refractivity contribution in [2.24, 2.45) is 5.92 Å². The highest BCUT2D eigenvalue weighted by Gasteiger charge is 2.18. The van der Waals surface area contributed by atoms with Gasteiger partial charge in [0.05, 0.1) is 5.69 Å². The Labute approximate surface area is 130 Å². The molecule has 4 heteroatoms. The fourth-order valence-corrected chi connectivity index (χ4v) is 3.33. The van der Waals surface area contributed by atoms with E-state index in [9.17, 15) is 0 Å². The quantitative estimate of drug-likeness (QED) is 0.780. The average molecular weight is 292 g/mol. The monoisotopic (exact) mass is 292 g/mol. The molecular weight excluding hydrogens is 272 g/mol. The van der Waals surface area contributed by atoms with Crippen LogP contribution in [0.2, 0.25) is 0 Å². The van der Waals surface area contributed by atoms with E-state index in [0.717, 1.165) is 47.1 Å². The van der Waals surface area contributed by atoms with Gasteiger partial charge in [0.25, 0.3) is 0 Å². The summed E-state index contributed by atoms with van der Waals surface area (Å²) in [5.74, 6) is 1.83. The molecule has 0 bridgehead atoms. The Morgan fingerprint density at radius 1 is 1.23 bits per heavy atom. The topological polar surface area (TPSA) is 44.8 Å². The van der Waals surface area contributed by atoms with Crippen LogP contribution in [0.15, 0.2) is 42.7 Å². The molecule has 1 aliphatic heterocycles. The fraction of sp³-hybridized carbons (Fsp3) is 0.333. The molecule has 4 heterocycles. The minimum atomic E-state index is 0.747. The highest BCUT2D eigenvalue weighted by Crippen LogP contribution is 2.28. The third-order valence-electron chi connectivity index (χ3n) is 4.45. The van der Waals surface area contributed by atoms with Crippen molar-refractivity contribution in [3.05, 3.63) is 42.7 Å². The van der Waals surface area contributed by atoms with Gasteiger partial charge in [-0.15, -0.1) is 0 Å². The summed E-state index contributed by atoms with van der Waals surface area (Å²) >= 11 is 0. The van der Waals surface area contributed by atoms with E-state index in [1.165, 1.54) is 12.8 Å². The smallest absolute Gasteiger partial charge is 0.137 e. The number of rotatable bonds is 2. The zero-order valence-electron chi connectivity index (χ0n) is 12.8. The Balaban J connectivity index is 1.74. The molecule has 0 saturated carbocycles. The second kappa shape index (κ2) is 5.44. The molecular formula is C18H20N4. The zero-order valence-corrected chi connectivity index (χ0v) is 12.8. The highest BCUT2D eigenvalue weighted by atomic mass is 15.2. The molecule has 112 valence electrons. The summed E-state index contributed by atoms with van der Waals surface area (Å²) < 4.78 is 0. The number of pyridine rings is 2. The van der Waals surface area contributed by atoms with Crippen LogP contribution < -0.4 is 4.90 Å². The molecule has 1 saturated heterocycles. The Morgan fingerprint density at radius 3 is 3.09 bits per heavy atom. The molecule has 4 rings (SSSR count). The second-order valence-electron chi connectivity index (χ2n) is 6.17. The molecule has 1 N–H and O–H groups in total. The van der Waals surface area contributed by atoms with E-state index >= 15 is 0 Å². The van der Waals surface area contributed by atoms with Gasteiger partial charge in [0.15, 0.2) is 0 Å². The molecule has 1 atom stereocenters. The van der Waals surface area contributed by atoms with Crippen LogP contribution in [-0.4, -0.2) is 28.0 Å². The predicted molar refractivity (Wildman–Crippen MR) is 89.9 cm³/mol. The minimum absolute atomic E-state index is 0.747. The van der Waals surface area contributed by atoms with Gasteiger partial charge in [-0.05, 0) is 43.0 Å². The summed E-state index contributed by atoms with van der Waals surface area (Å²) in [6.07, 6.45) is 6.34. The van der Waals surface area contributed by atoms with Crippen LogP contribution in [0.3, 0.4) is 0 Å². The van der Waals surface area contributed by atoms with Crippen LogP contribution in [0.4, 0.5) is 5.82 Å². The second-order valence-corrected chi connectivity index (χ2v) is 6.17. The number of piperidine rings is 1. The van der Waals surface area contributed by atoms with E-state index in [1.807, 2.05) is 18.5 Å². The standard InChI is InChI=1S/C18H20N4/c1-13-4-3-11-22(12-13)17-6-2-5-16(21-17)14-7-9-19-18-15(14)8-10-20-18/h2,5-10,13H,3-4,11-12H2,1H3,(H,19,20). The molecule has 3 aromatic rings. The number of nitrogens with one attached hydrogen (secondary N) is 1. The maximum absolute atomic E-state index is 4.92. The van der Waals surface area contributed by atoms with E-state index in [4.69, 9.17) is 4.98 Å². The highest BCUT2D eigenvalue weighted by molar-refractivity contribution is 5.91. The van der Waals surface area contributed by atoms with Gasteiger partial charge in [-0.25, -0.2) is 9.97 Å². The van der Waals surface area contributed by atoms with Crippen molar-refractivity contribution in [3.63, 3.8) is 0 Å². The number of aromatic nitrogens is 3. The first kappa shape index (κ1) is 13.3. The van der Waals surface area contributed by atoms with Crippen molar-refractivity contribution in [2.75, 3.05) is 18.0 Å². The Bertz CT molecular complexity index is 792. The third kappa shape index (κ3) is 2.34. The van der Waals surface area contributed by atoms with Gasteiger partial charge in [0.2, 0.25) is 0 Å². The number of H-pyrrole nitrogens is 1.